The van der Waals surface area contributed by atoms with Crippen LogP contribution in [0.3, 0.4) is 0 Å². The average molecular weight is 322 g/mol. The molecule has 3 heteroatoms. The van der Waals surface area contributed by atoms with E-state index < -0.39 is 0 Å². The van der Waals surface area contributed by atoms with Crippen LogP contribution >= 0.6 is 0 Å². The van der Waals surface area contributed by atoms with Crippen molar-refractivity contribution in [1.29, 1.82) is 0 Å². The van der Waals surface area contributed by atoms with E-state index in [0.717, 1.165) is 25.2 Å². The quantitative estimate of drug-likeness (QED) is 0.835. The van der Waals surface area contributed by atoms with Gasteiger partial charge in [-0.05, 0) is 47.2 Å². The van der Waals surface area contributed by atoms with Gasteiger partial charge in [-0.3, -0.25) is 4.79 Å². The molecule has 1 aliphatic heterocycles. The van der Waals surface area contributed by atoms with Gasteiger partial charge in [0.15, 0.2) is 0 Å². The van der Waals surface area contributed by atoms with E-state index in [9.17, 15) is 4.79 Å². The van der Waals surface area contributed by atoms with Gasteiger partial charge in [-0.1, -0.05) is 38.1 Å². The topological polar surface area (TPSA) is 23.6 Å². The Balaban J connectivity index is 1.76. The summed E-state index contributed by atoms with van der Waals surface area (Å²) in [4.78, 5) is 15.7. The molecule has 3 rings (SSSR count). The third-order valence-electron chi connectivity index (χ3n) is 4.93. The lowest BCUT2D eigenvalue weighted by atomic mass is 10.0. The zero-order valence-electron chi connectivity index (χ0n) is 15.0. The number of benzene rings is 2. The molecular weight excluding hydrogens is 296 g/mol. The molecule has 126 valence electrons. The van der Waals surface area contributed by atoms with Crippen molar-refractivity contribution >= 4 is 17.3 Å². The van der Waals surface area contributed by atoms with Gasteiger partial charge in [0.25, 0.3) is 0 Å². The summed E-state index contributed by atoms with van der Waals surface area (Å²) in [6, 6.07) is 15.3. The molecule has 0 aliphatic carbocycles. The second kappa shape index (κ2) is 6.68. The zero-order chi connectivity index (χ0) is 17.3. The molecule has 0 atom stereocenters. The standard InChI is InChI=1S/C21H26N2O/c1-15(2)18-7-5-17(6-8-18)14-23-12-11-19-13-20(9-10-21(19)23)22(4)16(3)24/h5-10,13,15H,11-12,14H2,1-4H3. The SMILES string of the molecule is CC(=O)N(C)c1ccc2c(c1)CCN2Cc1ccc(C(C)C)cc1. The van der Waals surface area contributed by atoms with Crippen molar-refractivity contribution in [3.8, 4) is 0 Å². The monoisotopic (exact) mass is 322 g/mol. The fraction of sp³-hybridized carbons (Fsp3) is 0.381. The minimum Gasteiger partial charge on any atom is -0.367 e. The van der Waals surface area contributed by atoms with E-state index in [-0.39, 0.29) is 5.91 Å². The number of carbonyl (C=O) groups excluding carboxylic acids is 1. The maximum Gasteiger partial charge on any atom is 0.223 e. The molecule has 0 bridgehead atoms. The van der Waals surface area contributed by atoms with E-state index in [2.05, 4.69) is 55.1 Å². The number of rotatable bonds is 4. The van der Waals surface area contributed by atoms with Crippen LogP contribution in [0.1, 0.15) is 43.4 Å². The summed E-state index contributed by atoms with van der Waals surface area (Å²) in [6.45, 7) is 8.02. The summed E-state index contributed by atoms with van der Waals surface area (Å²) in [5, 5.41) is 0. The van der Waals surface area contributed by atoms with Crippen LogP contribution in [0.2, 0.25) is 0 Å². The maximum atomic E-state index is 11.5. The lowest BCUT2D eigenvalue weighted by Crippen LogP contribution is -2.23. The lowest BCUT2D eigenvalue weighted by molar-refractivity contribution is -0.116. The van der Waals surface area contributed by atoms with Crippen molar-refractivity contribution < 1.29 is 4.79 Å². The number of hydrogen-bond acceptors (Lipinski definition) is 2. The van der Waals surface area contributed by atoms with Crippen molar-refractivity contribution in [2.45, 2.75) is 39.7 Å². The first-order valence-corrected chi connectivity index (χ1v) is 8.66. The van der Waals surface area contributed by atoms with E-state index in [0.29, 0.717) is 5.92 Å². The van der Waals surface area contributed by atoms with E-state index >= 15 is 0 Å². The highest BCUT2D eigenvalue weighted by atomic mass is 16.2. The van der Waals surface area contributed by atoms with Crippen LogP contribution in [-0.4, -0.2) is 19.5 Å². The van der Waals surface area contributed by atoms with Crippen LogP contribution in [0, 0.1) is 0 Å². The van der Waals surface area contributed by atoms with E-state index in [4.69, 9.17) is 0 Å². The Morgan fingerprint density at radius 2 is 1.88 bits per heavy atom. The van der Waals surface area contributed by atoms with E-state index in [1.807, 2.05) is 13.1 Å². The molecular formula is C21H26N2O. The molecule has 1 heterocycles. The Labute approximate surface area is 144 Å². The fourth-order valence-electron chi connectivity index (χ4n) is 3.24. The molecule has 0 saturated heterocycles. The highest BCUT2D eigenvalue weighted by Gasteiger charge is 2.20. The van der Waals surface area contributed by atoms with Gasteiger partial charge in [0.05, 0.1) is 0 Å². The van der Waals surface area contributed by atoms with Gasteiger partial charge in [-0.2, -0.15) is 0 Å². The van der Waals surface area contributed by atoms with Crippen LogP contribution < -0.4 is 9.80 Å². The Bertz CT molecular complexity index is 734. The molecule has 1 amide bonds. The minimum atomic E-state index is 0.0649. The Kier molecular flexibility index (Phi) is 4.61. The predicted octanol–water partition coefficient (Wildman–Crippen LogP) is 4.36. The summed E-state index contributed by atoms with van der Waals surface area (Å²) >= 11 is 0. The van der Waals surface area contributed by atoms with E-state index in [1.54, 1.807) is 11.8 Å². The molecule has 3 nitrogen and oxygen atoms in total. The van der Waals surface area contributed by atoms with Crippen LogP contribution in [0.25, 0.3) is 0 Å². The number of nitrogens with zero attached hydrogens (tertiary/aromatic N) is 2. The van der Waals surface area contributed by atoms with Gasteiger partial charge >= 0.3 is 0 Å². The third-order valence-corrected chi connectivity index (χ3v) is 4.93. The number of hydrogen-bond donors (Lipinski definition) is 0. The van der Waals surface area contributed by atoms with Crippen LogP contribution in [0.15, 0.2) is 42.5 Å². The number of fused-ring (bicyclic) bond motifs is 1. The van der Waals surface area contributed by atoms with Gasteiger partial charge < -0.3 is 9.80 Å². The molecule has 0 fully saturated rings. The minimum absolute atomic E-state index is 0.0649. The van der Waals surface area contributed by atoms with Gasteiger partial charge in [0.1, 0.15) is 0 Å². The van der Waals surface area contributed by atoms with E-state index in [1.165, 1.54) is 22.4 Å². The number of amides is 1. The normalized spacial score (nSPS) is 13.3. The zero-order valence-corrected chi connectivity index (χ0v) is 15.0. The third kappa shape index (κ3) is 3.30. The van der Waals surface area contributed by atoms with Crippen molar-refractivity contribution in [3.63, 3.8) is 0 Å². The van der Waals surface area contributed by atoms with Crippen LogP contribution in [0.5, 0.6) is 0 Å². The molecule has 1 aliphatic rings. The van der Waals surface area contributed by atoms with Crippen molar-refractivity contribution in [3.05, 3.63) is 59.2 Å². The number of carbonyl (C=O) groups is 1. The Morgan fingerprint density at radius 3 is 2.50 bits per heavy atom. The molecule has 0 N–H and O–H groups in total. The molecule has 2 aromatic carbocycles. The highest BCUT2D eigenvalue weighted by molar-refractivity contribution is 5.91. The fourth-order valence-corrected chi connectivity index (χ4v) is 3.24. The molecule has 0 radical (unpaired) electrons. The molecule has 24 heavy (non-hydrogen) atoms. The number of anilines is 2. The van der Waals surface area contributed by atoms with Gasteiger partial charge in [-0.25, -0.2) is 0 Å². The first-order chi connectivity index (χ1) is 11.5. The van der Waals surface area contributed by atoms with Crippen molar-refractivity contribution in [1.82, 2.24) is 0 Å². The summed E-state index contributed by atoms with van der Waals surface area (Å²) in [5.41, 5.74) is 6.34. The smallest absolute Gasteiger partial charge is 0.223 e. The average Bonchev–Trinajstić information content (AvgIpc) is 2.96. The summed E-state index contributed by atoms with van der Waals surface area (Å²) in [7, 11) is 1.83. The predicted molar refractivity (Wildman–Crippen MR) is 101 cm³/mol. The highest BCUT2D eigenvalue weighted by Crippen LogP contribution is 2.32. The maximum absolute atomic E-state index is 11.5. The molecule has 0 saturated carbocycles. The molecule has 0 unspecified atom stereocenters. The van der Waals surface area contributed by atoms with Crippen molar-refractivity contribution in [2.24, 2.45) is 0 Å². The first kappa shape index (κ1) is 16.6. The lowest BCUT2D eigenvalue weighted by Gasteiger charge is -2.21. The van der Waals surface area contributed by atoms with Gasteiger partial charge in [-0.15, -0.1) is 0 Å². The van der Waals surface area contributed by atoms with Crippen molar-refractivity contribution in [2.75, 3.05) is 23.4 Å². The second-order valence-electron chi connectivity index (χ2n) is 6.96. The van der Waals surface area contributed by atoms with Gasteiger partial charge in [0.2, 0.25) is 5.91 Å². The molecule has 0 aromatic heterocycles. The largest absolute Gasteiger partial charge is 0.367 e. The molecule has 0 spiro atoms. The van der Waals surface area contributed by atoms with Gasteiger partial charge in [0, 0.05) is 38.4 Å². The first-order valence-electron chi connectivity index (χ1n) is 8.66. The van der Waals surface area contributed by atoms with Crippen LogP contribution in [0.4, 0.5) is 11.4 Å². The Morgan fingerprint density at radius 1 is 1.17 bits per heavy atom. The molecule has 2 aromatic rings. The summed E-state index contributed by atoms with van der Waals surface area (Å²) in [5.74, 6) is 0.637. The summed E-state index contributed by atoms with van der Waals surface area (Å²) < 4.78 is 0. The van der Waals surface area contributed by atoms with Crippen LogP contribution in [-0.2, 0) is 17.8 Å². The summed E-state index contributed by atoms with van der Waals surface area (Å²) in [6.07, 6.45) is 1.04. The Hall–Kier alpha value is -2.29. The second-order valence-corrected chi connectivity index (χ2v) is 6.96.